The van der Waals surface area contributed by atoms with Crippen LogP contribution in [0.3, 0.4) is 0 Å². The Morgan fingerprint density at radius 3 is 2.79 bits per heavy atom. The van der Waals surface area contributed by atoms with Gasteiger partial charge in [0.1, 0.15) is 11.4 Å². The van der Waals surface area contributed by atoms with Crippen molar-refractivity contribution in [2.24, 2.45) is 0 Å². The quantitative estimate of drug-likeness (QED) is 0.508. The van der Waals surface area contributed by atoms with Gasteiger partial charge in [-0.2, -0.15) is 0 Å². The van der Waals surface area contributed by atoms with Crippen LogP contribution in [0, 0.1) is 0 Å². The summed E-state index contributed by atoms with van der Waals surface area (Å²) >= 11 is 1.53. The molecule has 3 aromatic heterocycles. The predicted molar refractivity (Wildman–Crippen MR) is 112 cm³/mol. The largest absolute Gasteiger partial charge is 0.480 e. The van der Waals surface area contributed by atoms with Crippen LogP contribution in [0.25, 0.3) is 26.8 Å². The molecule has 0 bridgehead atoms. The molecule has 0 atom stereocenters. The molecule has 0 fully saturated rings. The van der Waals surface area contributed by atoms with Gasteiger partial charge >= 0.3 is 11.7 Å². The zero-order valence-corrected chi connectivity index (χ0v) is 16.4. The maximum Gasteiger partial charge on any atom is 0.334 e. The van der Waals surface area contributed by atoms with Gasteiger partial charge in [-0.15, -0.1) is 11.3 Å². The monoisotopic (exact) mass is 409 g/mol. The number of H-pyrrole nitrogens is 1. The first kappa shape index (κ1) is 17.9. The lowest BCUT2D eigenvalue weighted by atomic mass is 10.1. The number of aryl methyl sites for hydroxylation is 2. The van der Waals surface area contributed by atoms with E-state index in [0.717, 1.165) is 48.6 Å². The van der Waals surface area contributed by atoms with Gasteiger partial charge in [-0.25, -0.2) is 9.36 Å². The Morgan fingerprint density at radius 2 is 1.97 bits per heavy atom. The number of carbonyl (C=O) groups is 1. The summed E-state index contributed by atoms with van der Waals surface area (Å²) in [6, 6.07) is 6.98. The van der Waals surface area contributed by atoms with E-state index in [9.17, 15) is 14.4 Å². The molecule has 148 valence electrons. The fourth-order valence-corrected chi connectivity index (χ4v) is 5.53. The minimum Gasteiger partial charge on any atom is -0.480 e. The van der Waals surface area contributed by atoms with Crippen molar-refractivity contribution in [2.75, 3.05) is 0 Å². The van der Waals surface area contributed by atoms with Gasteiger partial charge in [0.05, 0.1) is 11.1 Å². The van der Waals surface area contributed by atoms with Gasteiger partial charge < -0.3 is 9.67 Å². The molecule has 1 aliphatic carbocycles. The van der Waals surface area contributed by atoms with Crippen LogP contribution in [0.1, 0.15) is 29.7 Å². The molecule has 7 nitrogen and oxygen atoms in total. The van der Waals surface area contributed by atoms with Gasteiger partial charge in [-0.05, 0) is 55.5 Å². The van der Waals surface area contributed by atoms with Crippen molar-refractivity contribution in [2.45, 2.75) is 38.6 Å². The zero-order chi connectivity index (χ0) is 20.1. The second kappa shape index (κ2) is 6.73. The Hall–Kier alpha value is -3.13. The number of aromatic amines is 1. The SMILES string of the molecule is O=C(O)Cn1ccc2cc(-n3c(=O)[nH]c4sc5c(c4c3=O)CCCCC5)ccc21. The molecule has 8 heteroatoms. The van der Waals surface area contributed by atoms with Crippen LogP contribution in [-0.4, -0.2) is 25.2 Å². The summed E-state index contributed by atoms with van der Waals surface area (Å²) in [4.78, 5) is 41.9. The molecule has 0 spiro atoms. The number of benzene rings is 1. The molecule has 3 heterocycles. The van der Waals surface area contributed by atoms with E-state index in [1.807, 2.05) is 0 Å². The number of carboxylic acid groups (broad SMARTS) is 1. The van der Waals surface area contributed by atoms with Crippen LogP contribution in [0.5, 0.6) is 0 Å². The normalized spacial score (nSPS) is 14.2. The van der Waals surface area contributed by atoms with Crippen LogP contribution in [0.4, 0.5) is 0 Å². The summed E-state index contributed by atoms with van der Waals surface area (Å²) < 4.78 is 2.81. The van der Waals surface area contributed by atoms with E-state index in [0.29, 0.717) is 15.9 Å². The van der Waals surface area contributed by atoms with Gasteiger partial charge in [0.15, 0.2) is 0 Å². The Bertz CT molecular complexity index is 1390. The van der Waals surface area contributed by atoms with Gasteiger partial charge in [0, 0.05) is 22.0 Å². The fraction of sp³-hybridized carbons (Fsp3) is 0.286. The summed E-state index contributed by atoms with van der Waals surface area (Å²) in [5, 5.41) is 10.4. The standard InChI is InChI=1S/C21H19N3O4S/c25-17(26)11-23-9-8-12-10-13(6-7-15(12)23)24-20(27)18-14-4-2-1-3-5-16(14)29-19(18)22-21(24)28/h6-10H,1-5,11H2,(H,22,28)(H,25,26). The highest BCUT2D eigenvalue weighted by molar-refractivity contribution is 7.18. The second-order valence-corrected chi connectivity index (χ2v) is 8.52. The maximum atomic E-state index is 13.3. The smallest absolute Gasteiger partial charge is 0.334 e. The van der Waals surface area contributed by atoms with Crippen LogP contribution in [0.15, 0.2) is 40.1 Å². The number of hydrogen-bond acceptors (Lipinski definition) is 4. The number of nitrogens with one attached hydrogen (secondary N) is 1. The highest BCUT2D eigenvalue weighted by Crippen LogP contribution is 2.32. The highest BCUT2D eigenvalue weighted by Gasteiger charge is 2.20. The molecule has 2 N–H and O–H groups in total. The number of aliphatic carboxylic acids is 1. The van der Waals surface area contributed by atoms with E-state index < -0.39 is 11.7 Å². The predicted octanol–water partition coefficient (Wildman–Crippen LogP) is 3.05. The maximum absolute atomic E-state index is 13.3. The van der Waals surface area contributed by atoms with E-state index in [1.54, 1.807) is 35.0 Å². The van der Waals surface area contributed by atoms with Gasteiger partial charge in [0.2, 0.25) is 0 Å². The Balaban J connectivity index is 1.70. The number of aromatic nitrogens is 3. The average molecular weight is 409 g/mol. The highest BCUT2D eigenvalue weighted by atomic mass is 32.1. The summed E-state index contributed by atoms with van der Waals surface area (Å²) in [5.74, 6) is -0.928. The molecule has 0 aliphatic heterocycles. The van der Waals surface area contributed by atoms with Crippen molar-refractivity contribution < 1.29 is 9.90 Å². The van der Waals surface area contributed by atoms with E-state index in [2.05, 4.69) is 4.98 Å². The first-order valence-corrected chi connectivity index (χ1v) is 10.5. The number of fused-ring (bicyclic) bond motifs is 4. The van der Waals surface area contributed by atoms with E-state index in [-0.39, 0.29) is 12.1 Å². The van der Waals surface area contributed by atoms with Crippen molar-refractivity contribution in [1.29, 1.82) is 0 Å². The van der Waals surface area contributed by atoms with Crippen LogP contribution in [0.2, 0.25) is 0 Å². The third kappa shape index (κ3) is 2.91. The molecular weight excluding hydrogens is 390 g/mol. The number of rotatable bonds is 3. The van der Waals surface area contributed by atoms with E-state index in [4.69, 9.17) is 5.11 Å². The van der Waals surface area contributed by atoms with Gasteiger partial charge in [-0.3, -0.25) is 14.6 Å². The summed E-state index contributed by atoms with van der Waals surface area (Å²) in [6.07, 6.45) is 6.84. The van der Waals surface area contributed by atoms with Crippen molar-refractivity contribution in [3.63, 3.8) is 0 Å². The summed E-state index contributed by atoms with van der Waals surface area (Å²) in [7, 11) is 0. The van der Waals surface area contributed by atoms with E-state index >= 15 is 0 Å². The van der Waals surface area contributed by atoms with Crippen LogP contribution in [-0.2, 0) is 24.2 Å². The fourth-order valence-electron chi connectivity index (χ4n) is 4.26. The minimum atomic E-state index is -0.928. The van der Waals surface area contributed by atoms with Gasteiger partial charge in [-0.1, -0.05) is 6.42 Å². The molecule has 1 aliphatic rings. The molecule has 0 saturated heterocycles. The summed E-state index contributed by atoms with van der Waals surface area (Å²) in [5.41, 5.74) is 1.57. The first-order chi connectivity index (χ1) is 14.0. The molecule has 5 rings (SSSR count). The van der Waals surface area contributed by atoms with Crippen molar-refractivity contribution >= 4 is 38.4 Å². The molecule has 0 radical (unpaired) electrons. The van der Waals surface area contributed by atoms with Crippen LogP contribution < -0.4 is 11.2 Å². The second-order valence-electron chi connectivity index (χ2n) is 7.42. The topological polar surface area (TPSA) is 97.1 Å². The Labute approximate surface area is 168 Å². The minimum absolute atomic E-state index is 0.142. The number of carboxylic acids is 1. The lowest BCUT2D eigenvalue weighted by Gasteiger charge is -2.07. The lowest BCUT2D eigenvalue weighted by molar-refractivity contribution is -0.137. The van der Waals surface area contributed by atoms with Gasteiger partial charge in [0.25, 0.3) is 5.56 Å². The Morgan fingerprint density at radius 1 is 1.14 bits per heavy atom. The van der Waals surface area contributed by atoms with Crippen molar-refractivity contribution in [1.82, 2.24) is 14.1 Å². The molecule has 0 saturated carbocycles. The molecular formula is C21H19N3O4S. The van der Waals surface area contributed by atoms with E-state index in [1.165, 1.54) is 20.8 Å². The molecule has 0 amide bonds. The summed E-state index contributed by atoms with van der Waals surface area (Å²) in [6.45, 7) is -0.142. The first-order valence-electron chi connectivity index (χ1n) is 9.63. The average Bonchev–Trinajstić information content (AvgIpc) is 3.14. The van der Waals surface area contributed by atoms with Crippen LogP contribution >= 0.6 is 11.3 Å². The molecule has 0 unspecified atom stereocenters. The van der Waals surface area contributed by atoms with Crippen molar-refractivity contribution in [3.8, 4) is 5.69 Å². The van der Waals surface area contributed by atoms with Crippen molar-refractivity contribution in [3.05, 3.63) is 61.7 Å². The number of hydrogen-bond donors (Lipinski definition) is 2. The molecule has 29 heavy (non-hydrogen) atoms. The molecule has 4 aromatic rings. The number of thiophene rings is 1. The third-order valence-electron chi connectivity index (χ3n) is 5.58. The lowest BCUT2D eigenvalue weighted by Crippen LogP contribution is -2.33. The Kier molecular flexibility index (Phi) is 4.16. The molecule has 1 aromatic carbocycles. The number of nitrogens with zero attached hydrogens (tertiary/aromatic N) is 2. The third-order valence-corrected chi connectivity index (χ3v) is 6.79. The zero-order valence-electron chi connectivity index (χ0n) is 15.6.